The number of carbonyl (C=O) groups excluding carboxylic acids is 2. The number of hydrogen-bond donors (Lipinski definition) is 5. The molecular weight excluding hydrogens is 496 g/mol. The molecule has 1 aliphatic rings. The lowest BCUT2D eigenvalue weighted by atomic mass is 9.85. The lowest BCUT2D eigenvalue weighted by Crippen LogP contribution is -2.20. The van der Waals surface area contributed by atoms with Gasteiger partial charge in [-0.3, -0.25) is 4.79 Å². The summed E-state index contributed by atoms with van der Waals surface area (Å²) in [5.41, 5.74) is 1.76. The van der Waals surface area contributed by atoms with E-state index in [2.05, 4.69) is 0 Å². The highest BCUT2D eigenvalue weighted by Crippen LogP contribution is 2.38. The number of methoxy groups -OCH3 is 1. The molecule has 198 valence electrons. The summed E-state index contributed by atoms with van der Waals surface area (Å²) in [5.74, 6) is -3.45. The van der Waals surface area contributed by atoms with Crippen LogP contribution in [0.5, 0.6) is 40.2 Å². The van der Waals surface area contributed by atoms with Gasteiger partial charge in [-0.1, -0.05) is 12.1 Å². The molecule has 5 N–H and O–H groups in total. The van der Waals surface area contributed by atoms with Crippen LogP contribution in [0, 0.1) is 11.8 Å². The van der Waals surface area contributed by atoms with Gasteiger partial charge in [-0.2, -0.15) is 0 Å². The van der Waals surface area contributed by atoms with Gasteiger partial charge in [0.25, 0.3) is 0 Å². The van der Waals surface area contributed by atoms with Gasteiger partial charge < -0.3 is 39.7 Å². The maximum absolute atomic E-state index is 12.5. The summed E-state index contributed by atoms with van der Waals surface area (Å²) in [6.45, 7) is 0.171. The van der Waals surface area contributed by atoms with Crippen LogP contribution in [0.4, 0.5) is 0 Å². The summed E-state index contributed by atoms with van der Waals surface area (Å²) < 4.78 is 16.0. The standard InChI is InChI=1S/C28H26O10/c1-36-25-13-16(3-6-24(25)38-26(33)7-4-15-2-5-20(29)21(30)10-15)9-19-18(14-37-28(19)35)8-17-11-22(31)27(34)23(32)12-17/h2-7,10-13,18-19,29-32,34H,8-9,14H2,1H3/b7-4+/t18-,19+/m0/s1. The lowest BCUT2D eigenvalue weighted by Gasteiger charge is -2.17. The van der Waals surface area contributed by atoms with E-state index in [0.29, 0.717) is 24.0 Å². The second kappa shape index (κ2) is 11.0. The largest absolute Gasteiger partial charge is 0.504 e. The van der Waals surface area contributed by atoms with Crippen LogP contribution in [0.15, 0.2) is 54.6 Å². The Bertz CT molecular complexity index is 1370. The van der Waals surface area contributed by atoms with E-state index in [1.807, 2.05) is 0 Å². The third-order valence-corrected chi connectivity index (χ3v) is 6.24. The van der Waals surface area contributed by atoms with Crippen molar-refractivity contribution in [3.63, 3.8) is 0 Å². The van der Waals surface area contributed by atoms with Crippen LogP contribution in [0.1, 0.15) is 16.7 Å². The summed E-state index contributed by atoms with van der Waals surface area (Å²) in [6, 6.07) is 11.7. The molecule has 0 unspecified atom stereocenters. The number of aromatic hydroxyl groups is 5. The smallest absolute Gasteiger partial charge is 0.336 e. The predicted molar refractivity (Wildman–Crippen MR) is 134 cm³/mol. The molecule has 4 rings (SSSR count). The van der Waals surface area contributed by atoms with Gasteiger partial charge >= 0.3 is 11.9 Å². The molecule has 1 aliphatic heterocycles. The van der Waals surface area contributed by atoms with Gasteiger partial charge in [-0.15, -0.1) is 0 Å². The van der Waals surface area contributed by atoms with Crippen LogP contribution >= 0.6 is 0 Å². The number of hydrogen-bond acceptors (Lipinski definition) is 10. The minimum absolute atomic E-state index is 0.167. The summed E-state index contributed by atoms with van der Waals surface area (Å²) in [5, 5.41) is 48.1. The van der Waals surface area contributed by atoms with Crippen LogP contribution in [-0.4, -0.2) is 51.2 Å². The molecule has 0 aromatic heterocycles. The maximum Gasteiger partial charge on any atom is 0.336 e. The Morgan fingerprint density at radius 1 is 0.895 bits per heavy atom. The average molecular weight is 523 g/mol. The zero-order valence-corrected chi connectivity index (χ0v) is 20.3. The minimum atomic E-state index is -0.691. The van der Waals surface area contributed by atoms with Crippen molar-refractivity contribution in [2.24, 2.45) is 11.8 Å². The topological polar surface area (TPSA) is 163 Å². The Kier molecular flexibility index (Phi) is 7.61. The first-order valence-corrected chi connectivity index (χ1v) is 11.6. The molecule has 0 aliphatic carbocycles. The number of cyclic esters (lactones) is 1. The van der Waals surface area contributed by atoms with Crippen molar-refractivity contribution in [1.29, 1.82) is 0 Å². The highest BCUT2D eigenvalue weighted by Gasteiger charge is 2.37. The summed E-state index contributed by atoms with van der Waals surface area (Å²) >= 11 is 0. The zero-order chi connectivity index (χ0) is 27.4. The fourth-order valence-corrected chi connectivity index (χ4v) is 4.27. The Morgan fingerprint density at radius 3 is 2.32 bits per heavy atom. The van der Waals surface area contributed by atoms with E-state index in [0.717, 1.165) is 11.6 Å². The van der Waals surface area contributed by atoms with Crippen LogP contribution in [0.2, 0.25) is 0 Å². The number of phenolic OH excluding ortho intramolecular Hbond substituents is 5. The van der Waals surface area contributed by atoms with E-state index >= 15 is 0 Å². The number of benzene rings is 3. The van der Waals surface area contributed by atoms with Crippen molar-refractivity contribution in [2.45, 2.75) is 12.8 Å². The van der Waals surface area contributed by atoms with Crippen LogP contribution < -0.4 is 9.47 Å². The molecule has 1 fully saturated rings. The normalized spacial score (nSPS) is 16.9. The Balaban J connectivity index is 1.44. The molecule has 0 radical (unpaired) electrons. The first-order valence-electron chi connectivity index (χ1n) is 11.6. The molecular formula is C28H26O10. The second-order valence-electron chi connectivity index (χ2n) is 8.88. The highest BCUT2D eigenvalue weighted by molar-refractivity contribution is 5.89. The fourth-order valence-electron chi connectivity index (χ4n) is 4.27. The van der Waals surface area contributed by atoms with E-state index in [1.165, 1.54) is 43.5 Å². The predicted octanol–water partition coefficient (Wildman–Crippen LogP) is 3.42. The van der Waals surface area contributed by atoms with E-state index in [4.69, 9.17) is 14.2 Å². The summed E-state index contributed by atoms with van der Waals surface area (Å²) in [6.07, 6.45) is 3.23. The Labute approximate surface area is 217 Å². The molecule has 1 heterocycles. The molecule has 3 aromatic rings. The minimum Gasteiger partial charge on any atom is -0.504 e. The number of carbonyl (C=O) groups is 2. The Hall–Kier alpha value is -4.86. The van der Waals surface area contributed by atoms with Crippen molar-refractivity contribution >= 4 is 18.0 Å². The molecule has 1 saturated heterocycles. The van der Waals surface area contributed by atoms with Crippen molar-refractivity contribution in [1.82, 2.24) is 0 Å². The lowest BCUT2D eigenvalue weighted by molar-refractivity contribution is -0.141. The SMILES string of the molecule is COc1cc(C[C@H]2C(=O)OC[C@@H]2Cc2cc(O)c(O)c(O)c2)ccc1OC(=O)/C=C/c1ccc(O)c(O)c1. The van der Waals surface area contributed by atoms with Gasteiger partial charge in [-0.05, 0) is 72.0 Å². The van der Waals surface area contributed by atoms with Gasteiger partial charge in [0.05, 0.1) is 19.6 Å². The number of phenols is 5. The van der Waals surface area contributed by atoms with Crippen LogP contribution in [0.25, 0.3) is 6.08 Å². The first-order chi connectivity index (χ1) is 18.1. The molecule has 3 aromatic carbocycles. The van der Waals surface area contributed by atoms with Crippen molar-refractivity contribution < 1.29 is 49.3 Å². The van der Waals surface area contributed by atoms with E-state index < -0.39 is 29.1 Å². The van der Waals surface area contributed by atoms with E-state index in [9.17, 15) is 35.1 Å². The molecule has 10 heteroatoms. The maximum atomic E-state index is 12.5. The summed E-state index contributed by atoms with van der Waals surface area (Å²) in [7, 11) is 1.42. The number of ether oxygens (including phenoxy) is 3. The van der Waals surface area contributed by atoms with Gasteiger partial charge in [0.1, 0.15) is 0 Å². The monoisotopic (exact) mass is 522 g/mol. The molecule has 0 saturated carbocycles. The van der Waals surface area contributed by atoms with Gasteiger partial charge in [-0.25, -0.2) is 4.79 Å². The van der Waals surface area contributed by atoms with E-state index in [1.54, 1.807) is 18.2 Å². The van der Waals surface area contributed by atoms with Gasteiger partial charge in [0.15, 0.2) is 40.2 Å². The van der Waals surface area contributed by atoms with Crippen molar-refractivity contribution in [3.8, 4) is 40.2 Å². The number of rotatable bonds is 8. The van der Waals surface area contributed by atoms with Crippen molar-refractivity contribution in [3.05, 3.63) is 71.3 Å². The molecule has 38 heavy (non-hydrogen) atoms. The second-order valence-corrected chi connectivity index (χ2v) is 8.88. The highest BCUT2D eigenvalue weighted by atomic mass is 16.6. The molecule has 0 bridgehead atoms. The Morgan fingerprint density at radius 2 is 1.63 bits per heavy atom. The third kappa shape index (κ3) is 5.92. The fraction of sp³-hybridized carbons (Fsp3) is 0.214. The molecule has 2 atom stereocenters. The zero-order valence-electron chi connectivity index (χ0n) is 20.3. The third-order valence-electron chi connectivity index (χ3n) is 6.24. The van der Waals surface area contributed by atoms with Crippen molar-refractivity contribution in [2.75, 3.05) is 13.7 Å². The summed E-state index contributed by atoms with van der Waals surface area (Å²) in [4.78, 5) is 24.8. The van der Waals surface area contributed by atoms with Gasteiger partial charge in [0, 0.05) is 12.0 Å². The van der Waals surface area contributed by atoms with Crippen LogP contribution in [-0.2, 0) is 27.2 Å². The van der Waals surface area contributed by atoms with E-state index in [-0.39, 0.29) is 41.5 Å². The first kappa shape index (κ1) is 26.2. The van der Waals surface area contributed by atoms with Crippen LogP contribution in [0.3, 0.4) is 0 Å². The molecule has 0 spiro atoms. The average Bonchev–Trinajstić information content (AvgIpc) is 3.22. The van der Waals surface area contributed by atoms with Gasteiger partial charge in [0.2, 0.25) is 0 Å². The number of esters is 2. The molecule has 10 nitrogen and oxygen atoms in total. The quantitative estimate of drug-likeness (QED) is 0.128. The molecule has 0 amide bonds.